The highest BCUT2D eigenvalue weighted by Crippen LogP contribution is 2.38. The van der Waals surface area contributed by atoms with Crippen molar-refractivity contribution in [2.24, 2.45) is 0 Å². The minimum Gasteiger partial charge on any atom is -0.343 e. The summed E-state index contributed by atoms with van der Waals surface area (Å²) < 4.78 is 8.83. The fraction of sp³-hybridized carbons (Fsp3) is 0.400. The fourth-order valence-corrected chi connectivity index (χ4v) is 2.62. The average molecular weight is 284 g/mol. The van der Waals surface area contributed by atoms with Crippen LogP contribution in [-0.4, -0.2) is 19.3 Å². The second-order valence-electron chi connectivity index (χ2n) is 5.48. The third-order valence-electron chi connectivity index (χ3n) is 3.96. The molecule has 0 N–H and O–H groups in total. The number of hydrogen-bond acceptors (Lipinski definition) is 4. The van der Waals surface area contributed by atoms with Crippen LogP contribution in [0.15, 0.2) is 33.8 Å². The standard InChI is InChI=1S/C15H16N4O2/c1-2-18-7-5-10-6-8-19(15(20)13(10)18)9-12-16-14(17-21-12)11-3-4-11/h5-8,11H,2-4,9H2,1H3. The highest BCUT2D eigenvalue weighted by atomic mass is 16.5. The Morgan fingerprint density at radius 2 is 2.05 bits per heavy atom. The van der Waals surface area contributed by atoms with Crippen molar-refractivity contribution < 1.29 is 4.52 Å². The van der Waals surface area contributed by atoms with Crippen LogP contribution in [0.25, 0.3) is 10.9 Å². The summed E-state index contributed by atoms with van der Waals surface area (Å²) >= 11 is 0. The van der Waals surface area contributed by atoms with Gasteiger partial charge in [-0.1, -0.05) is 5.16 Å². The van der Waals surface area contributed by atoms with Crippen LogP contribution in [0.1, 0.15) is 37.4 Å². The van der Waals surface area contributed by atoms with Crippen molar-refractivity contribution in [1.82, 2.24) is 19.3 Å². The molecule has 0 amide bonds. The second-order valence-corrected chi connectivity index (χ2v) is 5.48. The molecule has 108 valence electrons. The minimum atomic E-state index is -0.0227. The summed E-state index contributed by atoms with van der Waals surface area (Å²) in [5, 5.41) is 4.94. The lowest BCUT2D eigenvalue weighted by molar-refractivity contribution is 0.365. The number of aromatic nitrogens is 4. The van der Waals surface area contributed by atoms with Crippen molar-refractivity contribution in [3.8, 4) is 0 Å². The lowest BCUT2D eigenvalue weighted by Gasteiger charge is -2.04. The van der Waals surface area contributed by atoms with E-state index in [0.29, 0.717) is 18.4 Å². The molecule has 1 saturated carbocycles. The van der Waals surface area contributed by atoms with Gasteiger partial charge in [-0.05, 0) is 31.9 Å². The Balaban J connectivity index is 1.71. The van der Waals surface area contributed by atoms with Crippen LogP contribution in [0.3, 0.4) is 0 Å². The van der Waals surface area contributed by atoms with Gasteiger partial charge >= 0.3 is 0 Å². The predicted molar refractivity (Wildman–Crippen MR) is 77.2 cm³/mol. The van der Waals surface area contributed by atoms with Crippen LogP contribution in [0.2, 0.25) is 0 Å². The minimum absolute atomic E-state index is 0.0227. The van der Waals surface area contributed by atoms with Gasteiger partial charge in [0.05, 0.1) is 0 Å². The topological polar surface area (TPSA) is 65.8 Å². The first-order chi connectivity index (χ1) is 10.3. The fourth-order valence-electron chi connectivity index (χ4n) is 2.62. The van der Waals surface area contributed by atoms with E-state index in [0.717, 1.165) is 36.1 Å². The van der Waals surface area contributed by atoms with Gasteiger partial charge in [0.2, 0.25) is 5.89 Å². The molecular formula is C15H16N4O2. The number of pyridine rings is 1. The molecule has 3 heterocycles. The van der Waals surface area contributed by atoms with Crippen LogP contribution < -0.4 is 5.56 Å². The van der Waals surface area contributed by atoms with E-state index in [4.69, 9.17) is 4.52 Å². The summed E-state index contributed by atoms with van der Waals surface area (Å²) in [6, 6.07) is 3.91. The van der Waals surface area contributed by atoms with Crippen molar-refractivity contribution >= 4 is 10.9 Å². The predicted octanol–water partition coefficient (Wildman–Crippen LogP) is 2.13. The Morgan fingerprint density at radius 1 is 1.29 bits per heavy atom. The summed E-state index contributed by atoms with van der Waals surface area (Å²) in [6.07, 6.45) is 5.99. The molecule has 3 aromatic rings. The normalized spacial score (nSPS) is 14.9. The molecule has 0 unspecified atom stereocenters. The first-order valence-corrected chi connectivity index (χ1v) is 7.27. The van der Waals surface area contributed by atoms with Crippen LogP contribution in [0.4, 0.5) is 0 Å². The van der Waals surface area contributed by atoms with Gasteiger partial charge in [-0.15, -0.1) is 0 Å². The Labute approximate surface area is 121 Å². The van der Waals surface area contributed by atoms with E-state index in [9.17, 15) is 4.79 Å². The van der Waals surface area contributed by atoms with E-state index in [1.54, 1.807) is 10.8 Å². The molecule has 0 spiro atoms. The molecule has 1 aliphatic rings. The van der Waals surface area contributed by atoms with Gasteiger partial charge in [-0.2, -0.15) is 4.98 Å². The Morgan fingerprint density at radius 3 is 2.76 bits per heavy atom. The van der Waals surface area contributed by atoms with Crippen molar-refractivity contribution in [1.29, 1.82) is 0 Å². The van der Waals surface area contributed by atoms with Crippen molar-refractivity contribution in [2.75, 3.05) is 0 Å². The number of nitrogens with zero attached hydrogens (tertiary/aromatic N) is 4. The molecule has 1 aliphatic carbocycles. The smallest absolute Gasteiger partial charge is 0.275 e. The quantitative estimate of drug-likeness (QED) is 0.736. The van der Waals surface area contributed by atoms with Crippen molar-refractivity contribution in [3.63, 3.8) is 0 Å². The third-order valence-corrected chi connectivity index (χ3v) is 3.96. The van der Waals surface area contributed by atoms with E-state index in [1.807, 2.05) is 29.8 Å². The summed E-state index contributed by atoms with van der Waals surface area (Å²) in [7, 11) is 0. The maximum Gasteiger partial charge on any atom is 0.275 e. The summed E-state index contributed by atoms with van der Waals surface area (Å²) in [4.78, 5) is 17.0. The highest BCUT2D eigenvalue weighted by Gasteiger charge is 2.28. The van der Waals surface area contributed by atoms with Gasteiger partial charge in [0, 0.05) is 30.2 Å². The lowest BCUT2D eigenvalue weighted by atomic mass is 10.3. The zero-order chi connectivity index (χ0) is 14.4. The summed E-state index contributed by atoms with van der Waals surface area (Å²) in [6.45, 7) is 3.12. The van der Waals surface area contributed by atoms with Crippen LogP contribution in [0, 0.1) is 0 Å². The highest BCUT2D eigenvalue weighted by molar-refractivity contribution is 5.78. The molecule has 3 aromatic heterocycles. The molecule has 0 bridgehead atoms. The van der Waals surface area contributed by atoms with Gasteiger partial charge in [-0.3, -0.25) is 4.79 Å². The second kappa shape index (κ2) is 4.58. The number of aryl methyl sites for hydroxylation is 1. The van der Waals surface area contributed by atoms with Gasteiger partial charge in [0.1, 0.15) is 12.1 Å². The van der Waals surface area contributed by atoms with Gasteiger partial charge in [-0.25, -0.2) is 0 Å². The molecular weight excluding hydrogens is 268 g/mol. The largest absolute Gasteiger partial charge is 0.343 e. The van der Waals surface area contributed by atoms with Gasteiger partial charge in [0.15, 0.2) is 5.82 Å². The molecule has 6 heteroatoms. The van der Waals surface area contributed by atoms with Crippen LogP contribution in [-0.2, 0) is 13.1 Å². The molecule has 1 fully saturated rings. The Kier molecular flexibility index (Phi) is 2.70. The number of fused-ring (bicyclic) bond motifs is 1. The molecule has 0 saturated heterocycles. The Bertz CT molecular complexity index is 854. The maximum atomic E-state index is 12.6. The van der Waals surface area contributed by atoms with Crippen LogP contribution in [0.5, 0.6) is 0 Å². The maximum absolute atomic E-state index is 12.6. The SMILES string of the molecule is CCn1ccc2ccn(Cc3nc(C4CC4)no3)c(=O)c21. The first-order valence-electron chi connectivity index (χ1n) is 7.27. The molecule has 6 nitrogen and oxygen atoms in total. The van der Waals surface area contributed by atoms with Crippen molar-refractivity contribution in [3.05, 3.63) is 46.6 Å². The van der Waals surface area contributed by atoms with E-state index in [2.05, 4.69) is 10.1 Å². The number of rotatable bonds is 4. The average Bonchev–Trinajstić information content (AvgIpc) is 3.09. The molecule has 0 radical (unpaired) electrons. The van der Waals surface area contributed by atoms with Crippen molar-refractivity contribution in [2.45, 2.75) is 38.8 Å². The van der Waals surface area contributed by atoms with E-state index >= 15 is 0 Å². The summed E-state index contributed by atoms with van der Waals surface area (Å²) in [5.74, 6) is 1.73. The molecule has 0 aliphatic heterocycles. The molecule has 4 rings (SSSR count). The monoisotopic (exact) mass is 284 g/mol. The first kappa shape index (κ1) is 12.4. The Hall–Kier alpha value is -2.37. The zero-order valence-electron chi connectivity index (χ0n) is 11.8. The zero-order valence-corrected chi connectivity index (χ0v) is 11.8. The molecule has 0 aromatic carbocycles. The number of hydrogen-bond donors (Lipinski definition) is 0. The summed E-state index contributed by atoms with van der Waals surface area (Å²) in [5.41, 5.74) is 0.701. The van der Waals surface area contributed by atoms with Gasteiger partial charge in [0.25, 0.3) is 5.56 Å². The lowest BCUT2D eigenvalue weighted by Crippen LogP contribution is -2.22. The van der Waals surface area contributed by atoms with E-state index < -0.39 is 0 Å². The van der Waals surface area contributed by atoms with E-state index in [1.165, 1.54) is 0 Å². The van der Waals surface area contributed by atoms with Gasteiger partial charge < -0.3 is 13.7 Å². The third kappa shape index (κ3) is 2.07. The van der Waals surface area contributed by atoms with E-state index in [-0.39, 0.29) is 5.56 Å². The molecule has 0 atom stereocenters. The van der Waals surface area contributed by atoms with Crippen LogP contribution >= 0.6 is 0 Å². The molecule has 21 heavy (non-hydrogen) atoms.